The number of hydrogen-bond acceptors (Lipinski definition) is 3. The van der Waals surface area contributed by atoms with Crippen molar-refractivity contribution < 1.29 is 33.2 Å². The van der Waals surface area contributed by atoms with Crippen LogP contribution < -0.4 is 26.2 Å². The summed E-state index contributed by atoms with van der Waals surface area (Å²) in [6, 6.07) is 48.5. The maximum absolute atomic E-state index is 9.88. The van der Waals surface area contributed by atoms with Crippen molar-refractivity contribution in [2.75, 3.05) is 9.80 Å². The first-order valence-corrected chi connectivity index (χ1v) is 31.0. The Morgan fingerprint density at radius 2 is 0.777 bits per heavy atom. The molecule has 6 heteroatoms. The maximum Gasteiger partial charge on any atom is 0.252 e. The van der Waals surface area contributed by atoms with E-state index >= 15 is 0 Å². The van der Waals surface area contributed by atoms with Crippen LogP contribution in [0.3, 0.4) is 0 Å². The van der Waals surface area contributed by atoms with Gasteiger partial charge in [0.25, 0.3) is 6.71 Å². The zero-order valence-electron chi connectivity index (χ0n) is 71.7. The summed E-state index contributed by atoms with van der Waals surface area (Å²) in [7, 11) is 0. The summed E-state index contributed by atoms with van der Waals surface area (Å²) in [5, 5.41) is 0.551. The van der Waals surface area contributed by atoms with Gasteiger partial charge < -0.3 is 23.4 Å². The summed E-state index contributed by atoms with van der Waals surface area (Å²) in [6.07, 6.45) is 0. The normalized spacial score (nSPS) is 15.9. The van der Waals surface area contributed by atoms with E-state index in [1.54, 1.807) is 18.2 Å². The lowest BCUT2D eigenvalue weighted by Crippen LogP contribution is -2.61. The zero-order chi connectivity index (χ0) is 80.6. The number of anilines is 6. The molecule has 17 aromatic rings. The second-order valence-corrected chi connectivity index (χ2v) is 24.9. The highest BCUT2D eigenvalue weighted by Crippen LogP contribution is 2.51. The molecule has 0 aliphatic carbocycles. The number of aromatic nitrogens is 2. The van der Waals surface area contributed by atoms with Crippen molar-refractivity contribution in [3.05, 3.63) is 321 Å². The molecule has 94 heavy (non-hydrogen) atoms. The number of fused-ring (bicyclic) bond motifs is 13. The van der Waals surface area contributed by atoms with Gasteiger partial charge in [-0.05, 0) is 157 Å². The highest BCUT2D eigenvalue weighted by Gasteiger charge is 2.45. The molecule has 5 heterocycles. The number of benzene rings is 14. The third-order valence-corrected chi connectivity index (χ3v) is 18.6. The van der Waals surface area contributed by atoms with Crippen LogP contribution in [0.25, 0.3) is 121 Å². The van der Waals surface area contributed by atoms with Gasteiger partial charge in [-0.25, -0.2) is 0 Å². The van der Waals surface area contributed by atoms with E-state index in [1.807, 2.05) is 143 Å². The van der Waals surface area contributed by atoms with Gasteiger partial charge in [-0.1, -0.05) is 251 Å². The predicted molar refractivity (Wildman–Crippen MR) is 397 cm³/mol. The molecule has 3 aromatic heterocycles. The Hall–Kier alpha value is -11.9. The molecular weight excluding hydrogens is 1140 g/mol. The predicted octanol–water partition coefficient (Wildman–Crippen LogP) is 21.8. The van der Waals surface area contributed by atoms with Gasteiger partial charge in [0.1, 0.15) is 0 Å². The van der Waals surface area contributed by atoms with Gasteiger partial charge in [-0.2, -0.15) is 0 Å². The van der Waals surface area contributed by atoms with Crippen molar-refractivity contribution in [2.24, 2.45) is 0 Å². The number of rotatable bonds is 8. The van der Waals surface area contributed by atoms with Crippen molar-refractivity contribution in [3.8, 4) is 55.9 Å². The number of hydrogen-bond donors (Lipinski definition) is 0. The first kappa shape index (κ1) is 36.9. The summed E-state index contributed by atoms with van der Waals surface area (Å²) in [5.41, 5.74) is 10.9. The van der Waals surface area contributed by atoms with Crippen LogP contribution in [0.1, 0.15) is 55.1 Å². The second-order valence-electron chi connectivity index (χ2n) is 24.9. The van der Waals surface area contributed by atoms with E-state index in [2.05, 4.69) is 57.2 Å². The molecule has 0 atom stereocenters. The van der Waals surface area contributed by atoms with E-state index in [1.165, 1.54) is 9.13 Å². The van der Waals surface area contributed by atoms with Gasteiger partial charge in [0.2, 0.25) is 0 Å². The molecular formula is C88H61BN4O. The first-order chi connectivity index (χ1) is 55.0. The lowest BCUT2D eigenvalue weighted by molar-refractivity contribution is 0.590. The van der Waals surface area contributed by atoms with E-state index in [0.717, 1.165) is 44.4 Å². The molecule has 0 unspecified atom stereocenters. The van der Waals surface area contributed by atoms with E-state index in [4.69, 9.17) is 16.8 Å². The van der Waals surface area contributed by atoms with E-state index in [9.17, 15) is 16.4 Å². The van der Waals surface area contributed by atoms with Crippen molar-refractivity contribution >= 4 is 123 Å². The van der Waals surface area contributed by atoms with Crippen LogP contribution >= 0.6 is 0 Å². The van der Waals surface area contributed by atoms with Crippen LogP contribution in [-0.4, -0.2) is 15.8 Å². The first-order valence-electron chi connectivity index (χ1n) is 41.5. The molecule has 14 aromatic carbocycles. The fourth-order valence-corrected chi connectivity index (χ4v) is 14.4. The second kappa shape index (κ2) is 20.8. The minimum Gasteiger partial charge on any atom is -0.452 e. The minimum atomic E-state index is -0.810. The van der Waals surface area contributed by atoms with Crippen molar-refractivity contribution in [1.29, 1.82) is 0 Å². The summed E-state index contributed by atoms with van der Waals surface area (Å²) in [5.74, 6) is 0. The molecule has 19 rings (SSSR count). The van der Waals surface area contributed by atoms with Crippen LogP contribution in [0.15, 0.2) is 319 Å². The average Bonchev–Trinajstić information content (AvgIpc) is 1.39. The van der Waals surface area contributed by atoms with Gasteiger partial charge >= 0.3 is 0 Å². The molecule has 0 spiro atoms. The molecule has 2 aliphatic heterocycles. The largest absolute Gasteiger partial charge is 0.452 e. The van der Waals surface area contributed by atoms with Crippen LogP contribution in [-0.2, 0) is 5.41 Å². The van der Waals surface area contributed by atoms with Crippen LogP contribution in [0.4, 0.5) is 34.1 Å². The fourth-order valence-electron chi connectivity index (χ4n) is 14.4. The van der Waals surface area contributed by atoms with Crippen LogP contribution in [0, 0.1) is 0 Å². The molecule has 0 N–H and O–H groups in total. The number of nitrogens with zero attached hydrogens (tertiary/aromatic N) is 4. The minimum absolute atomic E-state index is 0.108. The SMILES string of the molecule is [2H]c1c([2H])c([2H])c(-c2cc3c4c(c2)N(c2cccc5c2oc2c(-n6c7c([2H])c([2H])c([2H])c([2H])c7c7c([2H])c([2H])c([2H])c([2H])c76)cccc25)c2cc(-c5cccc(C(C)(C)C)c5)ccc2B4c2ccc(-n4c5c([2H])c([2H])c([2H])c([2H])c5c5c([2H])c([2H])c([2H])c([2H])c54)cc2N3c2cc(-c3ccccc3)cc(-c3ccccc3)c2)c([2H])c1[2H]. The Morgan fingerprint density at radius 1 is 0.309 bits per heavy atom. The van der Waals surface area contributed by atoms with Gasteiger partial charge in [0.05, 0.1) is 62.2 Å². The smallest absolute Gasteiger partial charge is 0.252 e. The number of para-hydroxylation sites is 6. The maximum atomic E-state index is 9.88. The molecule has 5 nitrogen and oxygen atoms in total. The zero-order valence-corrected chi connectivity index (χ0v) is 50.7. The molecule has 0 radical (unpaired) electrons. The molecule has 0 saturated carbocycles. The third kappa shape index (κ3) is 8.29. The summed E-state index contributed by atoms with van der Waals surface area (Å²) in [4.78, 5) is 4.08. The lowest BCUT2D eigenvalue weighted by atomic mass is 9.33. The van der Waals surface area contributed by atoms with E-state index < -0.39 is 134 Å². The molecule has 0 fully saturated rings. The van der Waals surface area contributed by atoms with Crippen LogP contribution in [0.2, 0.25) is 0 Å². The molecule has 442 valence electrons. The quantitative estimate of drug-likeness (QED) is 0.142. The molecule has 0 saturated heterocycles. The fraction of sp³-hybridized carbons (Fsp3) is 0.0455. The molecule has 0 bridgehead atoms. The topological polar surface area (TPSA) is 29.5 Å². The molecule has 2 aliphatic rings. The van der Waals surface area contributed by atoms with Gasteiger partial charge in [0.15, 0.2) is 11.2 Å². The van der Waals surface area contributed by atoms with Crippen molar-refractivity contribution in [1.82, 2.24) is 9.13 Å². The van der Waals surface area contributed by atoms with Gasteiger partial charge in [-0.15, -0.1) is 0 Å². The van der Waals surface area contributed by atoms with Crippen molar-refractivity contribution in [3.63, 3.8) is 0 Å². The Morgan fingerprint density at radius 3 is 1.37 bits per heavy atom. The summed E-state index contributed by atoms with van der Waals surface area (Å²) in [6.45, 7) is 5.59. The monoisotopic (exact) mass is 1220 g/mol. The Labute approximate surface area is 575 Å². The van der Waals surface area contributed by atoms with Crippen molar-refractivity contribution in [2.45, 2.75) is 26.2 Å². The van der Waals surface area contributed by atoms with Crippen LogP contribution in [0.5, 0.6) is 0 Å². The molecule has 0 amide bonds. The standard InChI is InChI=1S/C88H61BN4O/c1-88(2,3)64-31-21-30-59(49-64)60-44-46-73-81(52-60)93(80-43-23-37-72-71-36-22-42-79(86(71)94-87(72)80)92-77-40-19-15-34-69(77)70-35-16-20-41-78(70)92)84-54-63(58-28-11-6-12-29-58)53-83-85(84)89(73)74-47-45-65(90-75-38-17-13-32-67(75)68-33-14-18-39-76(68)90)55-82(74)91(83)66-50-61(56-24-7-4-8-25-56)48-62(51-66)57-26-9-5-10-27-57/h4-55H,1-3H3/i6D,11D,12D,13D,14D,15D,16D,17D,18D,19D,20D,28D,29D,32D,33D,34D,35D,38D,39D,40D,41D. The Balaban J connectivity index is 0.980. The highest BCUT2D eigenvalue weighted by atomic mass is 16.3. The number of furan rings is 1. The Bertz CT molecular complexity index is 7020. The van der Waals surface area contributed by atoms with E-state index in [-0.39, 0.29) is 82.7 Å². The highest BCUT2D eigenvalue weighted by molar-refractivity contribution is 7.00. The Kier molecular flexibility index (Phi) is 8.17. The van der Waals surface area contributed by atoms with Gasteiger partial charge in [-0.3, -0.25) is 0 Å². The third-order valence-electron chi connectivity index (χ3n) is 18.6. The summed E-state index contributed by atoms with van der Waals surface area (Å²) >= 11 is 0. The van der Waals surface area contributed by atoms with E-state index in [0.29, 0.717) is 55.8 Å². The average molecular weight is 1220 g/mol. The lowest BCUT2D eigenvalue weighted by Gasteiger charge is -2.44. The summed E-state index contributed by atoms with van der Waals surface area (Å²) < 4.78 is 206. The van der Waals surface area contributed by atoms with Gasteiger partial charge in [0, 0.05) is 66.4 Å².